The van der Waals surface area contributed by atoms with Crippen molar-refractivity contribution in [1.82, 2.24) is 4.98 Å². The van der Waals surface area contributed by atoms with Gasteiger partial charge in [0.15, 0.2) is 0 Å². The number of aromatic nitrogens is 1. The fourth-order valence-corrected chi connectivity index (χ4v) is 1.57. The monoisotopic (exact) mass is 259 g/mol. The van der Waals surface area contributed by atoms with Gasteiger partial charge in [0.25, 0.3) is 0 Å². The minimum atomic E-state index is -1.01. The Labute approximate surface area is 110 Å². The van der Waals surface area contributed by atoms with Crippen LogP contribution in [0.1, 0.15) is 16.1 Å². The van der Waals surface area contributed by atoms with E-state index in [2.05, 4.69) is 4.98 Å². The Bertz CT molecular complexity index is 566. The van der Waals surface area contributed by atoms with Crippen LogP contribution in [-0.4, -0.2) is 23.2 Å². The van der Waals surface area contributed by atoms with Gasteiger partial charge < -0.3 is 14.6 Å². The van der Waals surface area contributed by atoms with Gasteiger partial charge in [0.2, 0.25) is 0 Å². The van der Waals surface area contributed by atoms with Crippen LogP contribution in [0.15, 0.2) is 42.6 Å². The summed E-state index contributed by atoms with van der Waals surface area (Å²) in [5.74, 6) is 0.348. The summed E-state index contributed by atoms with van der Waals surface area (Å²) in [6.07, 6.45) is 1.54. The minimum Gasteiger partial charge on any atom is -0.497 e. The molecule has 0 fully saturated rings. The lowest BCUT2D eigenvalue weighted by Gasteiger charge is -2.08. The fourth-order valence-electron chi connectivity index (χ4n) is 1.57. The van der Waals surface area contributed by atoms with E-state index in [0.717, 1.165) is 5.75 Å². The molecule has 98 valence electrons. The molecule has 1 aromatic carbocycles. The molecule has 0 unspecified atom stereocenters. The highest BCUT2D eigenvalue weighted by Crippen LogP contribution is 2.18. The number of rotatable bonds is 5. The molecule has 0 aliphatic rings. The molecule has 2 rings (SSSR count). The molecule has 1 N–H and O–H groups in total. The number of nitrogens with zero attached hydrogens (tertiary/aromatic N) is 1. The summed E-state index contributed by atoms with van der Waals surface area (Å²) in [6, 6.07) is 10.1. The van der Waals surface area contributed by atoms with Gasteiger partial charge in [-0.3, -0.25) is 4.98 Å². The zero-order valence-corrected chi connectivity index (χ0v) is 10.4. The third-order valence-corrected chi connectivity index (χ3v) is 2.56. The predicted octanol–water partition coefficient (Wildman–Crippen LogP) is 2.37. The maximum atomic E-state index is 11.0. The lowest BCUT2D eigenvalue weighted by Crippen LogP contribution is -2.07. The van der Waals surface area contributed by atoms with E-state index in [0.29, 0.717) is 11.4 Å². The molecule has 5 heteroatoms. The molecular formula is C14H13NO4. The number of carbonyl (C=O) groups is 1. The van der Waals surface area contributed by atoms with Crippen molar-refractivity contribution >= 4 is 5.97 Å². The SMILES string of the molecule is COc1ccc(OCc2ncccc2C(=O)O)cc1. The van der Waals surface area contributed by atoms with Crippen molar-refractivity contribution in [3.05, 3.63) is 53.9 Å². The van der Waals surface area contributed by atoms with Crippen LogP contribution in [0.25, 0.3) is 0 Å². The molecule has 19 heavy (non-hydrogen) atoms. The number of methoxy groups -OCH3 is 1. The standard InChI is InChI=1S/C14H13NO4/c1-18-10-4-6-11(7-5-10)19-9-13-12(14(16)17)3-2-8-15-13/h2-8H,9H2,1H3,(H,16,17). The van der Waals surface area contributed by atoms with E-state index >= 15 is 0 Å². The first-order valence-electron chi connectivity index (χ1n) is 5.64. The van der Waals surface area contributed by atoms with Crippen LogP contribution in [0.2, 0.25) is 0 Å². The first-order chi connectivity index (χ1) is 9.20. The van der Waals surface area contributed by atoms with E-state index in [1.165, 1.54) is 6.07 Å². The summed E-state index contributed by atoms with van der Waals surface area (Å²) in [6.45, 7) is 0.106. The van der Waals surface area contributed by atoms with E-state index in [4.69, 9.17) is 14.6 Å². The van der Waals surface area contributed by atoms with Crippen molar-refractivity contribution in [2.75, 3.05) is 7.11 Å². The smallest absolute Gasteiger partial charge is 0.337 e. The second kappa shape index (κ2) is 5.86. The van der Waals surface area contributed by atoms with Gasteiger partial charge in [0.05, 0.1) is 18.4 Å². The number of carboxylic acid groups (broad SMARTS) is 1. The van der Waals surface area contributed by atoms with Crippen LogP contribution in [0.3, 0.4) is 0 Å². The lowest BCUT2D eigenvalue weighted by molar-refractivity contribution is 0.0693. The lowest BCUT2D eigenvalue weighted by atomic mass is 10.2. The Morgan fingerprint density at radius 3 is 2.53 bits per heavy atom. The summed E-state index contributed by atoms with van der Waals surface area (Å²) in [4.78, 5) is 15.0. The van der Waals surface area contributed by atoms with Gasteiger partial charge in [0.1, 0.15) is 18.1 Å². The van der Waals surface area contributed by atoms with E-state index in [9.17, 15) is 4.79 Å². The number of hydrogen-bond donors (Lipinski definition) is 1. The zero-order chi connectivity index (χ0) is 13.7. The van der Waals surface area contributed by atoms with Gasteiger partial charge in [-0.1, -0.05) is 0 Å². The normalized spacial score (nSPS) is 9.95. The highest BCUT2D eigenvalue weighted by molar-refractivity contribution is 5.88. The summed E-state index contributed by atoms with van der Waals surface area (Å²) in [5.41, 5.74) is 0.543. The zero-order valence-electron chi connectivity index (χ0n) is 10.4. The van der Waals surface area contributed by atoms with Crippen molar-refractivity contribution in [2.45, 2.75) is 6.61 Å². The molecule has 0 radical (unpaired) electrons. The predicted molar refractivity (Wildman–Crippen MR) is 68.5 cm³/mol. The highest BCUT2D eigenvalue weighted by atomic mass is 16.5. The van der Waals surface area contributed by atoms with Crippen LogP contribution in [0.5, 0.6) is 11.5 Å². The average molecular weight is 259 g/mol. The summed E-state index contributed by atoms with van der Waals surface area (Å²) in [7, 11) is 1.59. The number of carboxylic acids is 1. The van der Waals surface area contributed by atoms with E-state index < -0.39 is 5.97 Å². The fraction of sp³-hybridized carbons (Fsp3) is 0.143. The van der Waals surface area contributed by atoms with E-state index in [-0.39, 0.29) is 12.2 Å². The second-order valence-corrected chi connectivity index (χ2v) is 3.77. The third-order valence-electron chi connectivity index (χ3n) is 2.56. The number of pyridine rings is 1. The Kier molecular flexibility index (Phi) is 3.97. The van der Waals surface area contributed by atoms with Crippen molar-refractivity contribution < 1.29 is 19.4 Å². The van der Waals surface area contributed by atoms with Crippen molar-refractivity contribution in [2.24, 2.45) is 0 Å². The molecule has 2 aromatic rings. The Morgan fingerprint density at radius 1 is 1.21 bits per heavy atom. The van der Waals surface area contributed by atoms with Crippen molar-refractivity contribution in [1.29, 1.82) is 0 Å². The van der Waals surface area contributed by atoms with Crippen LogP contribution >= 0.6 is 0 Å². The Balaban J connectivity index is 2.07. The Morgan fingerprint density at radius 2 is 1.89 bits per heavy atom. The second-order valence-electron chi connectivity index (χ2n) is 3.77. The number of hydrogen-bond acceptors (Lipinski definition) is 4. The largest absolute Gasteiger partial charge is 0.497 e. The molecule has 0 bridgehead atoms. The summed E-state index contributed by atoms with van der Waals surface area (Å²) in [5, 5.41) is 9.02. The molecular weight excluding hydrogens is 246 g/mol. The third kappa shape index (κ3) is 3.22. The van der Waals surface area contributed by atoms with E-state index in [1.807, 2.05) is 0 Å². The van der Waals surface area contributed by atoms with Gasteiger partial charge >= 0.3 is 5.97 Å². The molecule has 1 heterocycles. The van der Waals surface area contributed by atoms with E-state index in [1.54, 1.807) is 43.6 Å². The van der Waals surface area contributed by atoms with Crippen LogP contribution in [-0.2, 0) is 6.61 Å². The van der Waals surface area contributed by atoms with Gasteiger partial charge in [-0.25, -0.2) is 4.79 Å². The average Bonchev–Trinajstić information content (AvgIpc) is 2.46. The maximum Gasteiger partial charge on any atom is 0.337 e. The van der Waals surface area contributed by atoms with Crippen LogP contribution in [0.4, 0.5) is 0 Å². The molecule has 0 aliphatic heterocycles. The number of benzene rings is 1. The van der Waals surface area contributed by atoms with Crippen molar-refractivity contribution in [3.8, 4) is 11.5 Å². The first-order valence-corrected chi connectivity index (χ1v) is 5.64. The van der Waals surface area contributed by atoms with Gasteiger partial charge in [-0.2, -0.15) is 0 Å². The quantitative estimate of drug-likeness (QED) is 0.892. The molecule has 0 spiro atoms. The molecule has 0 aliphatic carbocycles. The van der Waals surface area contributed by atoms with Gasteiger partial charge in [-0.15, -0.1) is 0 Å². The highest BCUT2D eigenvalue weighted by Gasteiger charge is 2.10. The Hall–Kier alpha value is -2.56. The summed E-state index contributed by atoms with van der Waals surface area (Å²) < 4.78 is 10.5. The molecule has 0 atom stereocenters. The number of ether oxygens (including phenoxy) is 2. The molecule has 0 saturated heterocycles. The summed E-state index contributed by atoms with van der Waals surface area (Å²) >= 11 is 0. The van der Waals surface area contributed by atoms with Gasteiger partial charge in [-0.05, 0) is 36.4 Å². The first kappa shape index (κ1) is 12.9. The molecule has 0 saturated carbocycles. The van der Waals surface area contributed by atoms with Crippen LogP contribution < -0.4 is 9.47 Å². The van der Waals surface area contributed by atoms with Gasteiger partial charge in [0, 0.05) is 6.20 Å². The number of aromatic carboxylic acids is 1. The molecule has 0 amide bonds. The molecule has 1 aromatic heterocycles. The minimum absolute atomic E-state index is 0.106. The maximum absolute atomic E-state index is 11.0. The molecule has 5 nitrogen and oxygen atoms in total. The topological polar surface area (TPSA) is 68.7 Å². The van der Waals surface area contributed by atoms with Crippen molar-refractivity contribution in [3.63, 3.8) is 0 Å². The van der Waals surface area contributed by atoms with Crippen LogP contribution in [0, 0.1) is 0 Å².